The summed E-state index contributed by atoms with van der Waals surface area (Å²) >= 11 is 7.49. The minimum Gasteiger partial charge on any atom is -0.342 e. The van der Waals surface area contributed by atoms with Crippen LogP contribution in [0.25, 0.3) is 10.6 Å². The lowest BCUT2D eigenvalue weighted by Crippen LogP contribution is -2.24. The van der Waals surface area contributed by atoms with Crippen LogP contribution in [0.3, 0.4) is 0 Å². The van der Waals surface area contributed by atoms with E-state index in [-0.39, 0.29) is 11.8 Å². The van der Waals surface area contributed by atoms with E-state index in [9.17, 15) is 9.59 Å². The third-order valence-corrected chi connectivity index (χ3v) is 5.40. The third-order valence-electron chi connectivity index (χ3n) is 4.04. The van der Waals surface area contributed by atoms with Crippen LogP contribution < -0.4 is 5.32 Å². The highest BCUT2D eigenvalue weighted by molar-refractivity contribution is 7.17. The van der Waals surface area contributed by atoms with Gasteiger partial charge in [-0.2, -0.15) is 0 Å². The predicted molar refractivity (Wildman–Crippen MR) is 109 cm³/mol. The molecular weight excluding hydrogens is 382 g/mol. The van der Waals surface area contributed by atoms with Gasteiger partial charge >= 0.3 is 0 Å². The molecule has 0 bridgehead atoms. The van der Waals surface area contributed by atoms with Crippen LogP contribution in [0.15, 0.2) is 54.7 Å². The van der Waals surface area contributed by atoms with Crippen LogP contribution in [0.2, 0.25) is 5.02 Å². The number of thiazole rings is 1. The number of benzene rings is 2. The average molecular weight is 400 g/mol. The fourth-order valence-electron chi connectivity index (χ4n) is 2.47. The normalized spacial score (nSPS) is 10.5. The Hall–Kier alpha value is -2.70. The summed E-state index contributed by atoms with van der Waals surface area (Å²) in [6.07, 6.45) is 1.54. The molecule has 0 unspecified atom stereocenters. The van der Waals surface area contributed by atoms with E-state index in [1.54, 1.807) is 24.2 Å². The Bertz CT molecular complexity index is 987. The summed E-state index contributed by atoms with van der Waals surface area (Å²) in [6, 6.07) is 14.8. The zero-order chi connectivity index (χ0) is 19.4. The summed E-state index contributed by atoms with van der Waals surface area (Å²) in [6.45, 7) is 1.92. The lowest BCUT2D eigenvalue weighted by atomic mass is 10.1. The molecule has 0 fully saturated rings. The van der Waals surface area contributed by atoms with Crippen LogP contribution >= 0.6 is 22.9 Å². The number of anilines is 1. The lowest BCUT2D eigenvalue weighted by Gasteiger charge is -2.17. The number of rotatable bonds is 5. The first kappa shape index (κ1) is 19.1. The molecule has 1 aromatic heterocycles. The largest absolute Gasteiger partial charge is 0.342 e. The molecule has 0 aliphatic rings. The molecule has 0 aliphatic heterocycles. The Morgan fingerprint density at radius 1 is 1.15 bits per heavy atom. The Labute approximate surface area is 166 Å². The molecule has 1 N–H and O–H groups in total. The summed E-state index contributed by atoms with van der Waals surface area (Å²) in [5, 5.41) is 4.20. The van der Waals surface area contributed by atoms with Crippen molar-refractivity contribution >= 4 is 40.4 Å². The quantitative estimate of drug-likeness (QED) is 0.676. The molecule has 3 rings (SSSR count). The number of hydrogen-bond acceptors (Lipinski definition) is 4. The van der Waals surface area contributed by atoms with Crippen molar-refractivity contribution in [1.82, 2.24) is 9.88 Å². The number of carbonyl (C=O) groups excluding carboxylic acids is 2. The molecular formula is C20H18ClN3O2S. The fourth-order valence-corrected chi connectivity index (χ4v) is 3.60. The number of halogens is 1. The molecule has 0 aliphatic carbocycles. The minimum atomic E-state index is -0.247. The van der Waals surface area contributed by atoms with Crippen molar-refractivity contribution < 1.29 is 9.59 Å². The standard InChI is InChI=1S/C20H18ClN3O2S/c1-13(25)24(2)12-14-7-3-6-10-17(14)23-19(26)18-11-22-20(27-18)15-8-4-5-9-16(15)21/h3-11H,12H2,1-2H3,(H,23,26). The van der Waals surface area contributed by atoms with Gasteiger partial charge in [0.2, 0.25) is 5.91 Å². The molecule has 0 saturated heterocycles. The van der Waals surface area contributed by atoms with E-state index in [2.05, 4.69) is 10.3 Å². The molecule has 3 aromatic rings. The highest BCUT2D eigenvalue weighted by Gasteiger charge is 2.15. The summed E-state index contributed by atoms with van der Waals surface area (Å²) < 4.78 is 0. The maximum atomic E-state index is 12.7. The summed E-state index contributed by atoms with van der Waals surface area (Å²) in [7, 11) is 1.72. The van der Waals surface area contributed by atoms with Crippen LogP contribution in [0.1, 0.15) is 22.2 Å². The molecule has 27 heavy (non-hydrogen) atoms. The van der Waals surface area contributed by atoms with Gasteiger partial charge in [0.15, 0.2) is 0 Å². The van der Waals surface area contributed by atoms with Gasteiger partial charge in [0.25, 0.3) is 5.91 Å². The SMILES string of the molecule is CC(=O)N(C)Cc1ccccc1NC(=O)c1cnc(-c2ccccc2Cl)s1. The molecule has 0 spiro atoms. The van der Waals surface area contributed by atoms with Gasteiger partial charge in [0.05, 0.1) is 11.2 Å². The summed E-state index contributed by atoms with van der Waals surface area (Å²) in [4.78, 5) is 30.6. The number of para-hydroxylation sites is 1. The maximum Gasteiger partial charge on any atom is 0.267 e. The van der Waals surface area contributed by atoms with Gasteiger partial charge in [0.1, 0.15) is 9.88 Å². The van der Waals surface area contributed by atoms with E-state index < -0.39 is 0 Å². The van der Waals surface area contributed by atoms with Crippen LogP contribution in [-0.2, 0) is 11.3 Å². The van der Waals surface area contributed by atoms with Gasteiger partial charge in [-0.1, -0.05) is 48.0 Å². The second-order valence-corrected chi connectivity index (χ2v) is 7.43. The van der Waals surface area contributed by atoms with E-state index in [1.165, 1.54) is 18.3 Å². The second-order valence-electron chi connectivity index (χ2n) is 6.00. The fraction of sp³-hybridized carbons (Fsp3) is 0.150. The van der Waals surface area contributed by atoms with Crippen LogP contribution in [0, 0.1) is 0 Å². The maximum absolute atomic E-state index is 12.7. The molecule has 0 atom stereocenters. The van der Waals surface area contributed by atoms with Gasteiger partial charge in [-0.25, -0.2) is 4.98 Å². The van der Waals surface area contributed by atoms with E-state index in [0.29, 0.717) is 27.1 Å². The van der Waals surface area contributed by atoms with Crippen LogP contribution in [0.4, 0.5) is 5.69 Å². The van der Waals surface area contributed by atoms with Gasteiger partial charge in [-0.05, 0) is 17.7 Å². The number of hydrogen-bond donors (Lipinski definition) is 1. The van der Waals surface area contributed by atoms with E-state index in [1.807, 2.05) is 42.5 Å². The van der Waals surface area contributed by atoms with Crippen molar-refractivity contribution in [3.63, 3.8) is 0 Å². The van der Waals surface area contributed by atoms with Crippen molar-refractivity contribution in [3.05, 3.63) is 70.2 Å². The van der Waals surface area contributed by atoms with E-state index in [4.69, 9.17) is 11.6 Å². The average Bonchev–Trinajstić information content (AvgIpc) is 3.13. The first-order valence-corrected chi connectivity index (χ1v) is 9.47. The molecule has 7 heteroatoms. The summed E-state index contributed by atoms with van der Waals surface area (Å²) in [5.41, 5.74) is 2.33. The highest BCUT2D eigenvalue weighted by Crippen LogP contribution is 2.31. The van der Waals surface area contributed by atoms with E-state index >= 15 is 0 Å². The smallest absolute Gasteiger partial charge is 0.267 e. The zero-order valence-electron chi connectivity index (χ0n) is 14.9. The molecule has 138 valence electrons. The minimum absolute atomic E-state index is 0.0389. The molecule has 0 saturated carbocycles. The first-order valence-electron chi connectivity index (χ1n) is 8.27. The number of amides is 2. The monoisotopic (exact) mass is 399 g/mol. The van der Waals surface area contributed by atoms with Crippen LogP contribution in [-0.4, -0.2) is 28.7 Å². The Morgan fingerprint density at radius 3 is 2.59 bits per heavy atom. The molecule has 2 amide bonds. The first-order chi connectivity index (χ1) is 13.0. The number of nitrogens with zero attached hydrogens (tertiary/aromatic N) is 2. The van der Waals surface area contributed by atoms with E-state index in [0.717, 1.165) is 11.1 Å². The van der Waals surface area contributed by atoms with Gasteiger partial charge in [-0.15, -0.1) is 11.3 Å². The molecule has 1 heterocycles. The van der Waals surface area contributed by atoms with Crippen molar-refractivity contribution in [2.24, 2.45) is 0 Å². The lowest BCUT2D eigenvalue weighted by molar-refractivity contribution is -0.128. The van der Waals surface area contributed by atoms with Crippen molar-refractivity contribution in [1.29, 1.82) is 0 Å². The summed E-state index contributed by atoms with van der Waals surface area (Å²) in [5.74, 6) is -0.285. The number of aromatic nitrogens is 1. The Kier molecular flexibility index (Phi) is 5.88. The Balaban J connectivity index is 1.79. The topological polar surface area (TPSA) is 62.3 Å². The Morgan fingerprint density at radius 2 is 1.85 bits per heavy atom. The number of carbonyl (C=O) groups is 2. The molecule has 5 nitrogen and oxygen atoms in total. The number of nitrogens with one attached hydrogen (secondary N) is 1. The molecule has 0 radical (unpaired) electrons. The van der Waals surface area contributed by atoms with Crippen molar-refractivity contribution in [2.45, 2.75) is 13.5 Å². The third kappa shape index (κ3) is 4.53. The van der Waals surface area contributed by atoms with Gasteiger partial charge in [-0.3, -0.25) is 9.59 Å². The predicted octanol–water partition coefficient (Wildman–Crippen LogP) is 4.69. The highest BCUT2D eigenvalue weighted by atomic mass is 35.5. The van der Waals surface area contributed by atoms with Crippen molar-refractivity contribution in [2.75, 3.05) is 12.4 Å². The van der Waals surface area contributed by atoms with Crippen molar-refractivity contribution in [3.8, 4) is 10.6 Å². The molecule has 2 aromatic carbocycles. The van der Waals surface area contributed by atoms with Crippen LogP contribution in [0.5, 0.6) is 0 Å². The second kappa shape index (κ2) is 8.33. The zero-order valence-corrected chi connectivity index (χ0v) is 16.5. The van der Waals surface area contributed by atoms with Gasteiger partial charge in [0, 0.05) is 31.8 Å². The van der Waals surface area contributed by atoms with Gasteiger partial charge < -0.3 is 10.2 Å².